The third kappa shape index (κ3) is 2.69. The summed E-state index contributed by atoms with van der Waals surface area (Å²) in [5.74, 6) is 0.290. The number of aryl methyl sites for hydroxylation is 1. The molecule has 0 spiro atoms. The summed E-state index contributed by atoms with van der Waals surface area (Å²) in [6, 6.07) is 3.69. The normalized spacial score (nSPS) is 10.9. The number of hydrogen-bond acceptors (Lipinski definition) is 6. The predicted molar refractivity (Wildman–Crippen MR) is 79.7 cm³/mol. The van der Waals surface area contributed by atoms with E-state index in [1.54, 1.807) is 17.0 Å². The molecule has 0 aliphatic heterocycles. The fraction of sp³-hybridized carbons (Fsp3) is 0.214. The molecule has 3 rings (SSSR count). The number of halogens is 1. The first-order valence-electron chi connectivity index (χ1n) is 6.67. The first kappa shape index (κ1) is 14.6. The van der Waals surface area contributed by atoms with E-state index in [-0.39, 0.29) is 5.03 Å². The molecule has 0 aliphatic carbocycles. The maximum atomic E-state index is 14.2. The molecule has 0 radical (unpaired) electrons. The Labute approximate surface area is 130 Å². The maximum Gasteiger partial charge on any atom is 0.197 e. The highest BCUT2D eigenvalue weighted by Gasteiger charge is 2.16. The second kappa shape index (κ2) is 6.18. The first-order valence-corrected chi connectivity index (χ1v) is 7.49. The predicted octanol–water partition coefficient (Wildman–Crippen LogP) is 2.52. The summed E-state index contributed by atoms with van der Waals surface area (Å²) >= 11 is 1.13. The van der Waals surface area contributed by atoms with Gasteiger partial charge in [0.1, 0.15) is 11.4 Å². The minimum absolute atomic E-state index is 0.253. The summed E-state index contributed by atoms with van der Waals surface area (Å²) in [7, 11) is 1.83. The molecule has 0 unspecified atom stereocenters. The van der Waals surface area contributed by atoms with Crippen LogP contribution in [0.5, 0.6) is 0 Å². The second-order valence-electron chi connectivity index (χ2n) is 4.50. The monoisotopic (exact) mass is 316 g/mol. The van der Waals surface area contributed by atoms with Crippen molar-refractivity contribution < 1.29 is 4.39 Å². The Balaban J connectivity index is 1.93. The molecular formula is C14H13FN6S. The number of hydrogen-bond donors (Lipinski definition) is 0. The first-order chi connectivity index (χ1) is 10.7. The Hall–Kier alpha value is -2.35. The van der Waals surface area contributed by atoms with Crippen molar-refractivity contribution in [2.45, 2.75) is 23.5 Å². The number of rotatable bonds is 4. The van der Waals surface area contributed by atoms with Crippen LogP contribution in [-0.2, 0) is 13.5 Å². The minimum atomic E-state index is -0.400. The van der Waals surface area contributed by atoms with Crippen molar-refractivity contribution in [2.24, 2.45) is 7.05 Å². The van der Waals surface area contributed by atoms with Crippen molar-refractivity contribution >= 4 is 11.8 Å². The summed E-state index contributed by atoms with van der Waals surface area (Å²) < 4.78 is 16.0. The van der Waals surface area contributed by atoms with Gasteiger partial charge in [-0.25, -0.2) is 14.4 Å². The largest absolute Gasteiger partial charge is 0.305 e. The van der Waals surface area contributed by atoms with Gasteiger partial charge in [-0.3, -0.25) is 4.98 Å². The molecule has 8 heteroatoms. The van der Waals surface area contributed by atoms with Crippen molar-refractivity contribution in [3.63, 3.8) is 0 Å². The van der Waals surface area contributed by atoms with E-state index in [0.29, 0.717) is 23.1 Å². The lowest BCUT2D eigenvalue weighted by Crippen LogP contribution is -1.99. The Morgan fingerprint density at radius 1 is 1.18 bits per heavy atom. The second-order valence-corrected chi connectivity index (χ2v) is 5.45. The van der Waals surface area contributed by atoms with Crippen LogP contribution in [-0.4, -0.2) is 29.7 Å². The third-order valence-corrected chi connectivity index (χ3v) is 4.14. The van der Waals surface area contributed by atoms with Gasteiger partial charge in [-0.1, -0.05) is 6.92 Å². The molecular weight excluding hydrogens is 303 g/mol. The van der Waals surface area contributed by atoms with Crippen LogP contribution in [0, 0.1) is 5.82 Å². The van der Waals surface area contributed by atoms with Gasteiger partial charge in [0.15, 0.2) is 16.8 Å². The molecule has 0 saturated heterocycles. The molecule has 0 atom stereocenters. The topological polar surface area (TPSA) is 69.4 Å². The van der Waals surface area contributed by atoms with E-state index in [9.17, 15) is 4.39 Å². The zero-order valence-corrected chi connectivity index (χ0v) is 12.9. The van der Waals surface area contributed by atoms with Gasteiger partial charge >= 0.3 is 0 Å². The number of pyridine rings is 1. The molecule has 6 nitrogen and oxygen atoms in total. The highest BCUT2D eigenvalue weighted by atomic mass is 32.2. The van der Waals surface area contributed by atoms with Gasteiger partial charge in [0.25, 0.3) is 0 Å². The lowest BCUT2D eigenvalue weighted by molar-refractivity contribution is 0.558. The third-order valence-electron chi connectivity index (χ3n) is 3.13. The van der Waals surface area contributed by atoms with Crippen molar-refractivity contribution in [3.05, 3.63) is 42.4 Å². The van der Waals surface area contributed by atoms with E-state index in [4.69, 9.17) is 0 Å². The van der Waals surface area contributed by atoms with Crippen LogP contribution in [0.15, 0.2) is 41.0 Å². The van der Waals surface area contributed by atoms with Gasteiger partial charge in [-0.05, 0) is 30.3 Å². The Bertz CT molecular complexity index is 789. The molecule has 22 heavy (non-hydrogen) atoms. The average molecular weight is 316 g/mol. The SMILES string of the molecule is CCc1ncnc(Sc2nnc(-c3ccncc3)n2C)c1F. The summed E-state index contributed by atoms with van der Waals surface area (Å²) in [4.78, 5) is 11.9. The van der Waals surface area contributed by atoms with E-state index >= 15 is 0 Å². The van der Waals surface area contributed by atoms with Crippen LogP contribution in [0.1, 0.15) is 12.6 Å². The van der Waals surface area contributed by atoms with Crippen molar-refractivity contribution in [1.29, 1.82) is 0 Å². The lowest BCUT2D eigenvalue weighted by Gasteiger charge is -2.05. The van der Waals surface area contributed by atoms with Gasteiger partial charge in [0, 0.05) is 25.0 Å². The molecule has 0 amide bonds. The number of nitrogens with zero attached hydrogens (tertiary/aromatic N) is 6. The van der Waals surface area contributed by atoms with Crippen LogP contribution in [0.3, 0.4) is 0 Å². The zero-order valence-electron chi connectivity index (χ0n) is 12.1. The maximum absolute atomic E-state index is 14.2. The Morgan fingerprint density at radius 3 is 2.68 bits per heavy atom. The minimum Gasteiger partial charge on any atom is -0.305 e. The molecule has 0 bridgehead atoms. The average Bonchev–Trinajstić information content (AvgIpc) is 2.91. The van der Waals surface area contributed by atoms with E-state index in [0.717, 1.165) is 17.3 Å². The molecule has 0 fully saturated rings. The van der Waals surface area contributed by atoms with Crippen LogP contribution in [0.2, 0.25) is 0 Å². The molecule has 3 aromatic rings. The Morgan fingerprint density at radius 2 is 1.95 bits per heavy atom. The molecule has 0 aromatic carbocycles. The summed E-state index contributed by atoms with van der Waals surface area (Å²) in [6.07, 6.45) is 5.26. The summed E-state index contributed by atoms with van der Waals surface area (Å²) in [5.41, 5.74) is 1.29. The van der Waals surface area contributed by atoms with Crippen LogP contribution >= 0.6 is 11.8 Å². The van der Waals surface area contributed by atoms with E-state index < -0.39 is 5.82 Å². The standard InChI is InChI=1S/C14H13FN6S/c1-3-10-11(15)13(18-8-17-10)22-14-20-19-12(21(14)2)9-4-6-16-7-5-9/h4-8H,3H2,1-2H3. The van der Waals surface area contributed by atoms with Crippen LogP contribution in [0.4, 0.5) is 4.39 Å². The summed E-state index contributed by atoms with van der Waals surface area (Å²) in [6.45, 7) is 1.85. The van der Waals surface area contributed by atoms with Crippen molar-refractivity contribution in [1.82, 2.24) is 29.7 Å². The highest BCUT2D eigenvalue weighted by Crippen LogP contribution is 2.29. The van der Waals surface area contributed by atoms with E-state index in [1.165, 1.54) is 6.33 Å². The smallest absolute Gasteiger partial charge is 0.197 e. The fourth-order valence-corrected chi connectivity index (χ4v) is 2.73. The summed E-state index contributed by atoms with van der Waals surface area (Å²) in [5, 5.41) is 9.08. The van der Waals surface area contributed by atoms with Crippen LogP contribution < -0.4 is 0 Å². The van der Waals surface area contributed by atoms with E-state index in [2.05, 4.69) is 25.1 Å². The van der Waals surface area contributed by atoms with Gasteiger partial charge < -0.3 is 4.57 Å². The molecule has 112 valence electrons. The fourth-order valence-electron chi connectivity index (χ4n) is 1.95. The van der Waals surface area contributed by atoms with Gasteiger partial charge in [0.2, 0.25) is 0 Å². The zero-order chi connectivity index (χ0) is 15.5. The van der Waals surface area contributed by atoms with Crippen molar-refractivity contribution in [3.8, 4) is 11.4 Å². The van der Waals surface area contributed by atoms with Gasteiger partial charge in [0.05, 0.1) is 5.69 Å². The molecule has 3 heterocycles. The molecule has 0 saturated carbocycles. The quantitative estimate of drug-likeness (QED) is 0.689. The molecule has 3 aromatic heterocycles. The van der Waals surface area contributed by atoms with Gasteiger partial charge in [-0.15, -0.1) is 10.2 Å². The van der Waals surface area contributed by atoms with Crippen molar-refractivity contribution in [2.75, 3.05) is 0 Å². The molecule has 0 aliphatic rings. The van der Waals surface area contributed by atoms with E-state index in [1.807, 2.05) is 26.1 Å². The lowest BCUT2D eigenvalue weighted by atomic mass is 10.2. The van der Waals surface area contributed by atoms with Crippen LogP contribution in [0.25, 0.3) is 11.4 Å². The number of aromatic nitrogens is 6. The Kier molecular flexibility index (Phi) is 4.10. The molecule has 0 N–H and O–H groups in total. The highest BCUT2D eigenvalue weighted by molar-refractivity contribution is 7.99. The van der Waals surface area contributed by atoms with Gasteiger partial charge in [-0.2, -0.15) is 0 Å².